The fourth-order valence-electron chi connectivity index (χ4n) is 3.86. The number of primary amides is 1. The summed E-state index contributed by atoms with van der Waals surface area (Å²) in [4.78, 5) is 37.9. The predicted molar refractivity (Wildman–Crippen MR) is 117 cm³/mol. The maximum Gasteiger partial charge on any atom is 0.358 e. The number of nitrogens with two attached hydrogens (primary N) is 1. The molecule has 0 unspecified atom stereocenters. The van der Waals surface area contributed by atoms with Crippen molar-refractivity contribution in [1.82, 2.24) is 9.78 Å². The number of ether oxygens (including phenoxy) is 1. The summed E-state index contributed by atoms with van der Waals surface area (Å²) in [7, 11) is 0. The molecule has 1 aromatic carbocycles. The molecule has 2 aromatic rings. The van der Waals surface area contributed by atoms with Crippen molar-refractivity contribution in [2.75, 3.05) is 11.9 Å². The van der Waals surface area contributed by atoms with E-state index in [0.29, 0.717) is 44.2 Å². The molecular formula is C22H25ClF2N4O4. The molecule has 3 rings (SSSR count). The Morgan fingerprint density at radius 1 is 1.18 bits per heavy atom. The van der Waals surface area contributed by atoms with Gasteiger partial charge < -0.3 is 15.8 Å². The molecule has 0 bridgehead atoms. The molecule has 0 atom stereocenters. The molecule has 0 spiro atoms. The van der Waals surface area contributed by atoms with Gasteiger partial charge >= 0.3 is 5.97 Å². The first-order chi connectivity index (χ1) is 15.7. The van der Waals surface area contributed by atoms with Gasteiger partial charge in [0.15, 0.2) is 17.3 Å². The fourth-order valence-corrected chi connectivity index (χ4v) is 4.09. The number of carbonyl (C=O) groups is 3. The number of nitrogens with one attached hydrogen (secondary N) is 1. The number of amides is 2. The number of esters is 1. The summed E-state index contributed by atoms with van der Waals surface area (Å²) in [5, 5.41) is 6.47. The molecule has 178 valence electrons. The molecule has 33 heavy (non-hydrogen) atoms. The molecule has 0 saturated heterocycles. The molecule has 8 nitrogen and oxygen atoms in total. The van der Waals surface area contributed by atoms with E-state index in [-0.39, 0.29) is 28.7 Å². The molecule has 1 aliphatic rings. The lowest BCUT2D eigenvalue weighted by Crippen LogP contribution is -2.49. The summed E-state index contributed by atoms with van der Waals surface area (Å²) in [6, 6.07) is 2.61. The van der Waals surface area contributed by atoms with Crippen LogP contribution in [0.15, 0.2) is 18.2 Å². The van der Waals surface area contributed by atoms with E-state index in [1.54, 1.807) is 0 Å². The van der Waals surface area contributed by atoms with Crippen molar-refractivity contribution in [2.24, 2.45) is 5.73 Å². The van der Waals surface area contributed by atoms with Crippen LogP contribution in [0.5, 0.6) is 0 Å². The van der Waals surface area contributed by atoms with Gasteiger partial charge in [-0.25, -0.2) is 18.3 Å². The van der Waals surface area contributed by atoms with E-state index in [1.165, 1.54) is 10.7 Å². The van der Waals surface area contributed by atoms with Crippen LogP contribution in [0.4, 0.5) is 14.6 Å². The van der Waals surface area contributed by atoms with Gasteiger partial charge in [-0.15, -0.1) is 0 Å². The highest BCUT2D eigenvalue weighted by molar-refractivity contribution is 6.34. The third-order valence-electron chi connectivity index (χ3n) is 5.69. The van der Waals surface area contributed by atoms with Crippen LogP contribution in [0.1, 0.15) is 72.7 Å². The Labute approximate surface area is 194 Å². The molecule has 0 radical (unpaired) electrons. The molecule has 1 aromatic heterocycles. The van der Waals surface area contributed by atoms with Crippen LogP contribution < -0.4 is 11.1 Å². The molecule has 2 amide bonds. The van der Waals surface area contributed by atoms with Crippen LogP contribution in [0.2, 0.25) is 5.02 Å². The number of hydrogen-bond donors (Lipinski definition) is 2. The van der Waals surface area contributed by atoms with Gasteiger partial charge in [-0.05, 0) is 31.4 Å². The van der Waals surface area contributed by atoms with Crippen molar-refractivity contribution < 1.29 is 27.9 Å². The van der Waals surface area contributed by atoms with E-state index in [2.05, 4.69) is 10.4 Å². The number of rotatable bonds is 8. The lowest BCUT2D eigenvalue weighted by atomic mass is 9.81. The first-order valence-corrected chi connectivity index (χ1v) is 11.1. The van der Waals surface area contributed by atoms with Crippen molar-refractivity contribution in [3.63, 3.8) is 0 Å². The third kappa shape index (κ3) is 5.16. The standard InChI is InChI=1S/C22H25ClF2N4O4/c1-2-3-9-33-20(31)17-12-18(27-19(30)13-10-15(24)16(25)11-14(13)23)29(28-17)22(21(26)32)7-5-4-6-8-22/h10-12H,2-9H2,1H3,(H2,26,32)(H,27,30). The van der Waals surface area contributed by atoms with Crippen LogP contribution in [0.25, 0.3) is 0 Å². The van der Waals surface area contributed by atoms with Crippen LogP contribution in [-0.2, 0) is 15.1 Å². The molecule has 3 N–H and O–H groups in total. The quantitative estimate of drug-likeness (QED) is 0.333. The Kier molecular flexibility index (Phi) is 7.68. The SMILES string of the molecule is CCCCOC(=O)c1cc(NC(=O)c2cc(F)c(F)cc2Cl)n(C2(C(N)=O)CCCCC2)n1. The largest absolute Gasteiger partial charge is 0.461 e. The molecule has 1 saturated carbocycles. The van der Waals surface area contributed by atoms with Crippen molar-refractivity contribution in [1.29, 1.82) is 0 Å². The Bertz CT molecular complexity index is 1070. The summed E-state index contributed by atoms with van der Waals surface area (Å²) in [5.41, 5.74) is 4.04. The Morgan fingerprint density at radius 2 is 1.85 bits per heavy atom. The van der Waals surface area contributed by atoms with Crippen molar-refractivity contribution in [3.8, 4) is 0 Å². The minimum Gasteiger partial charge on any atom is -0.461 e. The highest BCUT2D eigenvalue weighted by Gasteiger charge is 2.43. The van der Waals surface area contributed by atoms with Crippen molar-refractivity contribution in [3.05, 3.63) is 46.1 Å². The number of anilines is 1. The number of benzene rings is 1. The Balaban J connectivity index is 2.01. The maximum atomic E-state index is 13.7. The van der Waals surface area contributed by atoms with Crippen molar-refractivity contribution in [2.45, 2.75) is 57.4 Å². The van der Waals surface area contributed by atoms with Crippen LogP contribution >= 0.6 is 11.6 Å². The van der Waals surface area contributed by atoms with E-state index in [0.717, 1.165) is 12.8 Å². The average molecular weight is 483 g/mol. The van der Waals surface area contributed by atoms with Gasteiger partial charge in [-0.1, -0.05) is 44.2 Å². The number of hydrogen-bond acceptors (Lipinski definition) is 5. The predicted octanol–water partition coefficient (Wildman–Crippen LogP) is 4.17. The smallest absolute Gasteiger partial charge is 0.358 e. The average Bonchev–Trinajstić information content (AvgIpc) is 3.21. The lowest BCUT2D eigenvalue weighted by Gasteiger charge is -2.35. The van der Waals surface area contributed by atoms with Gasteiger partial charge in [0.2, 0.25) is 5.91 Å². The van der Waals surface area contributed by atoms with Crippen LogP contribution in [0, 0.1) is 11.6 Å². The number of unbranched alkanes of at least 4 members (excludes halogenated alkanes) is 1. The molecular weight excluding hydrogens is 458 g/mol. The summed E-state index contributed by atoms with van der Waals surface area (Å²) in [6.07, 6.45) is 4.50. The zero-order chi connectivity index (χ0) is 24.2. The van der Waals surface area contributed by atoms with Crippen LogP contribution in [-0.4, -0.2) is 34.2 Å². The van der Waals surface area contributed by atoms with Gasteiger partial charge in [-0.2, -0.15) is 5.10 Å². The Hall–Kier alpha value is -3.01. The van der Waals surface area contributed by atoms with Gasteiger partial charge in [0, 0.05) is 6.07 Å². The third-order valence-corrected chi connectivity index (χ3v) is 6.00. The first kappa shape index (κ1) is 24.6. The van der Waals surface area contributed by atoms with Crippen LogP contribution in [0.3, 0.4) is 0 Å². The number of aromatic nitrogens is 2. The normalized spacial score (nSPS) is 15.2. The van der Waals surface area contributed by atoms with E-state index >= 15 is 0 Å². The van der Waals surface area contributed by atoms with Gasteiger partial charge in [0.05, 0.1) is 17.2 Å². The summed E-state index contributed by atoms with van der Waals surface area (Å²) < 4.78 is 33.5. The van der Waals surface area contributed by atoms with Gasteiger partial charge in [0.1, 0.15) is 11.4 Å². The Morgan fingerprint density at radius 3 is 2.48 bits per heavy atom. The highest BCUT2D eigenvalue weighted by atomic mass is 35.5. The second-order valence-corrected chi connectivity index (χ2v) is 8.38. The second-order valence-electron chi connectivity index (χ2n) is 7.97. The minimum atomic E-state index is -1.26. The molecule has 0 aliphatic heterocycles. The lowest BCUT2D eigenvalue weighted by molar-refractivity contribution is -0.128. The first-order valence-electron chi connectivity index (χ1n) is 10.7. The van der Waals surface area contributed by atoms with E-state index in [9.17, 15) is 23.2 Å². The zero-order valence-electron chi connectivity index (χ0n) is 18.1. The summed E-state index contributed by atoms with van der Waals surface area (Å²) >= 11 is 5.92. The summed E-state index contributed by atoms with van der Waals surface area (Å²) in [5.74, 6) is -4.71. The van der Waals surface area contributed by atoms with E-state index in [1.807, 2.05) is 6.92 Å². The topological polar surface area (TPSA) is 116 Å². The zero-order valence-corrected chi connectivity index (χ0v) is 18.9. The van der Waals surface area contributed by atoms with E-state index < -0.39 is 35.0 Å². The van der Waals surface area contributed by atoms with Gasteiger partial charge in [0.25, 0.3) is 5.91 Å². The monoisotopic (exact) mass is 482 g/mol. The summed E-state index contributed by atoms with van der Waals surface area (Å²) in [6.45, 7) is 2.13. The molecule has 1 heterocycles. The van der Waals surface area contributed by atoms with Gasteiger partial charge in [-0.3, -0.25) is 9.59 Å². The number of carbonyl (C=O) groups excluding carboxylic acids is 3. The second kappa shape index (κ2) is 10.3. The van der Waals surface area contributed by atoms with Crippen molar-refractivity contribution >= 4 is 35.2 Å². The van der Waals surface area contributed by atoms with E-state index in [4.69, 9.17) is 22.1 Å². The minimum absolute atomic E-state index is 0.0102. The molecule has 1 fully saturated rings. The molecule has 11 heteroatoms. The number of nitrogens with zero attached hydrogens (tertiary/aromatic N) is 2. The fraction of sp³-hybridized carbons (Fsp3) is 0.455. The maximum absolute atomic E-state index is 13.7. The molecule has 1 aliphatic carbocycles. The number of halogens is 3. The highest BCUT2D eigenvalue weighted by Crippen LogP contribution is 2.37.